The number of fused-ring (bicyclic) bond motifs is 1. The van der Waals surface area contributed by atoms with Crippen molar-refractivity contribution in [3.63, 3.8) is 0 Å². The predicted octanol–water partition coefficient (Wildman–Crippen LogP) is 1.37. The van der Waals surface area contributed by atoms with Crippen LogP contribution in [-0.4, -0.2) is 48.1 Å². The third-order valence-electron chi connectivity index (χ3n) is 2.36. The van der Waals surface area contributed by atoms with Gasteiger partial charge in [-0.25, -0.2) is 14.8 Å². The lowest BCUT2D eigenvalue weighted by atomic mass is 10.4. The number of urea groups is 1. The van der Waals surface area contributed by atoms with E-state index in [1.54, 1.807) is 31.8 Å². The van der Waals surface area contributed by atoms with Crippen LogP contribution in [0.15, 0.2) is 17.8 Å². The second-order valence-electron chi connectivity index (χ2n) is 3.91. The van der Waals surface area contributed by atoms with Crippen molar-refractivity contribution in [2.45, 2.75) is 0 Å². The summed E-state index contributed by atoms with van der Waals surface area (Å²) in [5.74, 6) is 0.806. The number of anilines is 1. The van der Waals surface area contributed by atoms with Crippen LogP contribution in [0.1, 0.15) is 0 Å². The van der Waals surface area contributed by atoms with Gasteiger partial charge in [0.1, 0.15) is 17.0 Å². The van der Waals surface area contributed by atoms with Gasteiger partial charge in [0, 0.05) is 27.2 Å². The van der Waals surface area contributed by atoms with Crippen LogP contribution in [0.25, 0.3) is 10.2 Å². The van der Waals surface area contributed by atoms with Gasteiger partial charge in [-0.15, -0.1) is 11.3 Å². The fraction of sp³-hybridized carbons (Fsp3) is 0.364. The number of aromatic nitrogens is 2. The van der Waals surface area contributed by atoms with Crippen LogP contribution in [-0.2, 0) is 0 Å². The van der Waals surface area contributed by atoms with Gasteiger partial charge in [0.2, 0.25) is 0 Å². The summed E-state index contributed by atoms with van der Waals surface area (Å²) in [6.07, 6.45) is 1.54. The topological polar surface area (TPSA) is 70.2 Å². The van der Waals surface area contributed by atoms with Crippen molar-refractivity contribution in [1.82, 2.24) is 20.2 Å². The monoisotopic (exact) mass is 265 g/mol. The second-order valence-corrected chi connectivity index (χ2v) is 4.81. The summed E-state index contributed by atoms with van der Waals surface area (Å²) in [6.45, 7) is 1.17. The molecule has 2 rings (SSSR count). The zero-order valence-electron chi connectivity index (χ0n) is 10.3. The first-order valence-electron chi connectivity index (χ1n) is 5.55. The molecule has 6 nitrogen and oxygen atoms in total. The average Bonchev–Trinajstić information content (AvgIpc) is 2.83. The molecule has 0 fully saturated rings. The molecular formula is C11H15N5OS. The van der Waals surface area contributed by atoms with Crippen LogP contribution in [0.3, 0.4) is 0 Å². The van der Waals surface area contributed by atoms with Crippen molar-refractivity contribution in [2.24, 2.45) is 0 Å². The molecule has 0 aliphatic heterocycles. The summed E-state index contributed by atoms with van der Waals surface area (Å²) in [7, 11) is 3.42. The molecule has 2 heterocycles. The third kappa shape index (κ3) is 2.86. The molecule has 2 aromatic heterocycles. The quantitative estimate of drug-likeness (QED) is 0.819. The number of thiophene rings is 1. The standard InChI is InChI=1S/C11H15N5OS/c1-16(2)11(17)13-5-4-12-9-8-3-6-18-10(8)15-7-14-9/h3,6-7H,4-5H2,1-2H3,(H,13,17)(H,12,14,15). The molecule has 0 radical (unpaired) electrons. The Balaban J connectivity index is 1.87. The highest BCUT2D eigenvalue weighted by Gasteiger charge is 2.04. The zero-order valence-corrected chi connectivity index (χ0v) is 11.1. The summed E-state index contributed by atoms with van der Waals surface area (Å²) >= 11 is 1.58. The van der Waals surface area contributed by atoms with Crippen LogP contribution in [0, 0.1) is 0 Å². The van der Waals surface area contributed by atoms with Gasteiger partial charge in [0.15, 0.2) is 0 Å². The fourth-order valence-corrected chi connectivity index (χ4v) is 2.17. The Morgan fingerprint density at radius 2 is 2.22 bits per heavy atom. The molecule has 0 unspecified atom stereocenters. The van der Waals surface area contributed by atoms with Crippen molar-refractivity contribution in [3.8, 4) is 0 Å². The first-order valence-corrected chi connectivity index (χ1v) is 6.43. The lowest BCUT2D eigenvalue weighted by molar-refractivity contribution is 0.218. The predicted molar refractivity (Wildman–Crippen MR) is 73.0 cm³/mol. The van der Waals surface area contributed by atoms with Crippen LogP contribution in [0.2, 0.25) is 0 Å². The number of carbonyl (C=O) groups is 1. The molecule has 2 N–H and O–H groups in total. The van der Waals surface area contributed by atoms with Crippen molar-refractivity contribution in [1.29, 1.82) is 0 Å². The Morgan fingerprint density at radius 3 is 3.00 bits per heavy atom. The third-order valence-corrected chi connectivity index (χ3v) is 3.18. The van der Waals surface area contributed by atoms with Gasteiger partial charge in [0.05, 0.1) is 5.39 Å². The molecule has 2 amide bonds. The molecular weight excluding hydrogens is 250 g/mol. The number of amides is 2. The zero-order chi connectivity index (χ0) is 13.0. The molecule has 18 heavy (non-hydrogen) atoms. The van der Waals surface area contributed by atoms with E-state index in [0.717, 1.165) is 16.0 Å². The maximum absolute atomic E-state index is 11.3. The van der Waals surface area contributed by atoms with Crippen LogP contribution in [0.5, 0.6) is 0 Å². The largest absolute Gasteiger partial charge is 0.368 e. The molecule has 96 valence electrons. The van der Waals surface area contributed by atoms with Gasteiger partial charge in [-0.05, 0) is 11.4 Å². The SMILES string of the molecule is CN(C)C(=O)NCCNc1ncnc2sccc12. The van der Waals surface area contributed by atoms with E-state index >= 15 is 0 Å². The average molecular weight is 265 g/mol. The smallest absolute Gasteiger partial charge is 0.316 e. The van der Waals surface area contributed by atoms with Crippen molar-refractivity contribution >= 4 is 33.4 Å². The maximum atomic E-state index is 11.3. The van der Waals surface area contributed by atoms with E-state index < -0.39 is 0 Å². The minimum Gasteiger partial charge on any atom is -0.368 e. The number of carbonyl (C=O) groups excluding carboxylic acids is 1. The molecule has 0 saturated carbocycles. The molecule has 0 aliphatic rings. The molecule has 2 aromatic rings. The van der Waals surface area contributed by atoms with Gasteiger partial charge < -0.3 is 15.5 Å². The van der Waals surface area contributed by atoms with Crippen LogP contribution >= 0.6 is 11.3 Å². The van der Waals surface area contributed by atoms with Gasteiger partial charge in [-0.3, -0.25) is 0 Å². The van der Waals surface area contributed by atoms with Crippen LogP contribution in [0.4, 0.5) is 10.6 Å². The van der Waals surface area contributed by atoms with E-state index in [0.29, 0.717) is 13.1 Å². The van der Waals surface area contributed by atoms with Gasteiger partial charge >= 0.3 is 6.03 Å². The van der Waals surface area contributed by atoms with Gasteiger partial charge in [0.25, 0.3) is 0 Å². The second kappa shape index (κ2) is 5.63. The Hall–Kier alpha value is -1.89. The Kier molecular flexibility index (Phi) is 3.93. The minimum absolute atomic E-state index is 0.0971. The maximum Gasteiger partial charge on any atom is 0.316 e. The highest BCUT2D eigenvalue weighted by molar-refractivity contribution is 7.16. The summed E-state index contributed by atoms with van der Waals surface area (Å²) in [4.78, 5) is 22.1. The molecule has 0 aliphatic carbocycles. The van der Waals surface area contributed by atoms with Crippen LogP contribution < -0.4 is 10.6 Å². The Labute approximate surface area is 109 Å². The molecule has 7 heteroatoms. The van der Waals surface area contributed by atoms with Crippen molar-refractivity contribution in [2.75, 3.05) is 32.5 Å². The lowest BCUT2D eigenvalue weighted by Crippen LogP contribution is -2.37. The molecule has 0 aromatic carbocycles. The fourth-order valence-electron chi connectivity index (χ4n) is 1.44. The molecule has 0 atom stereocenters. The molecule has 0 saturated heterocycles. The first-order chi connectivity index (χ1) is 8.68. The van der Waals surface area contributed by atoms with Gasteiger partial charge in [-0.2, -0.15) is 0 Å². The van der Waals surface area contributed by atoms with E-state index in [2.05, 4.69) is 20.6 Å². The van der Waals surface area contributed by atoms with E-state index in [4.69, 9.17) is 0 Å². The van der Waals surface area contributed by atoms with Crippen molar-refractivity contribution in [3.05, 3.63) is 17.8 Å². The van der Waals surface area contributed by atoms with E-state index in [-0.39, 0.29) is 6.03 Å². The number of hydrogen-bond acceptors (Lipinski definition) is 5. The molecule has 0 bridgehead atoms. The summed E-state index contributed by atoms with van der Waals surface area (Å²) in [6, 6.07) is 1.89. The Bertz CT molecular complexity index is 539. The minimum atomic E-state index is -0.0971. The van der Waals surface area contributed by atoms with E-state index in [1.165, 1.54) is 4.90 Å². The summed E-state index contributed by atoms with van der Waals surface area (Å²) in [5.41, 5.74) is 0. The van der Waals surface area contributed by atoms with Crippen molar-refractivity contribution < 1.29 is 4.79 Å². The molecule has 0 spiro atoms. The normalized spacial score (nSPS) is 10.3. The van der Waals surface area contributed by atoms with Gasteiger partial charge in [-0.1, -0.05) is 0 Å². The highest BCUT2D eigenvalue weighted by Crippen LogP contribution is 2.23. The van der Waals surface area contributed by atoms with E-state index in [9.17, 15) is 4.79 Å². The number of nitrogens with zero attached hydrogens (tertiary/aromatic N) is 3. The highest BCUT2D eigenvalue weighted by atomic mass is 32.1. The Morgan fingerprint density at radius 1 is 1.39 bits per heavy atom. The number of rotatable bonds is 4. The summed E-state index contributed by atoms with van der Waals surface area (Å²) in [5, 5.41) is 8.97. The summed E-state index contributed by atoms with van der Waals surface area (Å²) < 4.78 is 0. The number of nitrogens with one attached hydrogen (secondary N) is 2. The first kappa shape index (κ1) is 12.6. The number of hydrogen-bond donors (Lipinski definition) is 2. The lowest BCUT2D eigenvalue weighted by Gasteiger charge is -2.12. The van der Waals surface area contributed by atoms with E-state index in [1.807, 2.05) is 11.4 Å².